The average Bonchev–Trinajstić information content (AvgIpc) is 2.36. The van der Waals surface area contributed by atoms with Crippen molar-refractivity contribution in [1.82, 2.24) is 5.32 Å². The highest BCUT2D eigenvalue weighted by atomic mass is 35.5. The van der Waals surface area contributed by atoms with Gasteiger partial charge in [0.25, 0.3) is 0 Å². The molecule has 3 heteroatoms. The van der Waals surface area contributed by atoms with E-state index in [1.54, 1.807) is 0 Å². The summed E-state index contributed by atoms with van der Waals surface area (Å²) in [6.07, 6.45) is 4.16. The predicted octanol–water partition coefficient (Wildman–Crippen LogP) is 4.46. The van der Waals surface area contributed by atoms with Gasteiger partial charge in [0.1, 0.15) is 0 Å². The van der Waals surface area contributed by atoms with Gasteiger partial charge in [-0.25, -0.2) is 0 Å². The summed E-state index contributed by atoms with van der Waals surface area (Å²) in [4.78, 5) is 2.42. The van der Waals surface area contributed by atoms with Crippen molar-refractivity contribution in [2.24, 2.45) is 5.92 Å². The third-order valence-corrected chi connectivity index (χ3v) is 4.45. The fourth-order valence-electron chi connectivity index (χ4n) is 2.62. The number of rotatable bonds is 7. The van der Waals surface area contributed by atoms with Crippen LogP contribution in [0.5, 0.6) is 0 Å². The third-order valence-electron chi connectivity index (χ3n) is 4.15. The third kappa shape index (κ3) is 4.13. The normalized spacial score (nSPS) is 15.4. The maximum atomic E-state index is 6.49. The molecule has 0 radical (unpaired) electrons. The van der Waals surface area contributed by atoms with Gasteiger partial charge < -0.3 is 10.2 Å². The first-order valence-corrected chi connectivity index (χ1v) is 8.24. The fraction of sp³-hybridized carbons (Fsp3) is 0.647. The second-order valence-electron chi connectivity index (χ2n) is 6.16. The largest absolute Gasteiger partial charge is 0.370 e. The highest BCUT2D eigenvalue weighted by molar-refractivity contribution is 6.33. The lowest BCUT2D eigenvalue weighted by atomic mass is 9.85. The molecule has 1 aliphatic carbocycles. The molecule has 0 heterocycles. The molecule has 0 amide bonds. The van der Waals surface area contributed by atoms with E-state index in [1.807, 2.05) is 0 Å². The minimum atomic E-state index is 0.499. The molecule has 0 spiro atoms. The molecule has 2 rings (SSSR count). The molecule has 2 nitrogen and oxygen atoms in total. The van der Waals surface area contributed by atoms with Gasteiger partial charge in [0.05, 0.1) is 10.7 Å². The Hall–Kier alpha value is -0.730. The van der Waals surface area contributed by atoms with Crippen LogP contribution in [-0.4, -0.2) is 19.1 Å². The topological polar surface area (TPSA) is 15.3 Å². The van der Waals surface area contributed by atoms with Crippen LogP contribution in [-0.2, 0) is 6.54 Å². The van der Waals surface area contributed by atoms with Crippen molar-refractivity contribution >= 4 is 17.3 Å². The summed E-state index contributed by atoms with van der Waals surface area (Å²) in [7, 11) is 0. The highest BCUT2D eigenvalue weighted by Gasteiger charge is 2.21. The first-order chi connectivity index (χ1) is 9.60. The van der Waals surface area contributed by atoms with Crippen molar-refractivity contribution in [2.45, 2.75) is 52.6 Å². The van der Waals surface area contributed by atoms with E-state index in [0.717, 1.165) is 30.6 Å². The zero-order valence-electron chi connectivity index (χ0n) is 13.0. The van der Waals surface area contributed by atoms with Crippen molar-refractivity contribution in [3.05, 3.63) is 28.8 Å². The summed E-state index contributed by atoms with van der Waals surface area (Å²) < 4.78 is 0. The van der Waals surface area contributed by atoms with Crippen LogP contribution in [0.25, 0.3) is 0 Å². The van der Waals surface area contributed by atoms with E-state index in [9.17, 15) is 0 Å². The first kappa shape index (κ1) is 15.7. The lowest BCUT2D eigenvalue weighted by molar-refractivity contribution is 0.318. The lowest BCUT2D eigenvalue weighted by Crippen LogP contribution is -2.32. The Bertz CT molecular complexity index is 427. The smallest absolute Gasteiger partial charge is 0.0642 e. The molecule has 20 heavy (non-hydrogen) atoms. The molecule has 0 saturated heterocycles. The molecule has 1 aromatic rings. The fourth-order valence-corrected chi connectivity index (χ4v) is 2.95. The van der Waals surface area contributed by atoms with Crippen LogP contribution in [0.4, 0.5) is 5.69 Å². The summed E-state index contributed by atoms with van der Waals surface area (Å²) >= 11 is 6.49. The summed E-state index contributed by atoms with van der Waals surface area (Å²) in [5, 5.41) is 4.31. The number of nitrogens with one attached hydrogen (secondary N) is 1. The maximum Gasteiger partial charge on any atom is 0.0642 e. The molecule has 0 atom stereocenters. The number of halogens is 1. The Balaban J connectivity index is 2.02. The van der Waals surface area contributed by atoms with Crippen LogP contribution in [0, 0.1) is 5.92 Å². The van der Waals surface area contributed by atoms with E-state index in [1.165, 1.54) is 30.5 Å². The van der Waals surface area contributed by atoms with E-state index in [0.29, 0.717) is 6.04 Å². The molecule has 1 N–H and O–H groups in total. The summed E-state index contributed by atoms with van der Waals surface area (Å²) in [5.41, 5.74) is 2.45. The highest BCUT2D eigenvalue weighted by Crippen LogP contribution is 2.32. The first-order valence-electron chi connectivity index (χ1n) is 7.87. The van der Waals surface area contributed by atoms with Gasteiger partial charge in [-0.1, -0.05) is 37.9 Å². The monoisotopic (exact) mass is 294 g/mol. The second kappa shape index (κ2) is 7.33. The Morgan fingerprint density at radius 2 is 2.10 bits per heavy atom. The number of nitrogens with zero attached hydrogens (tertiary/aromatic N) is 1. The second-order valence-corrected chi connectivity index (χ2v) is 6.56. The molecule has 0 aromatic heterocycles. The molecule has 112 valence electrons. The van der Waals surface area contributed by atoms with Gasteiger partial charge >= 0.3 is 0 Å². The molecule has 0 aliphatic heterocycles. The Morgan fingerprint density at radius 1 is 1.35 bits per heavy atom. The average molecular weight is 295 g/mol. The molecule has 0 bridgehead atoms. The van der Waals surface area contributed by atoms with Crippen LogP contribution in [0.15, 0.2) is 18.2 Å². The van der Waals surface area contributed by atoms with E-state index >= 15 is 0 Å². The van der Waals surface area contributed by atoms with Gasteiger partial charge in [0.2, 0.25) is 0 Å². The van der Waals surface area contributed by atoms with Gasteiger partial charge in [-0.15, -0.1) is 0 Å². The SMILES string of the molecule is CCN(CC1CCC1)c1ccc(CNC(C)C)cc1Cl. The number of hydrogen-bond donors (Lipinski definition) is 1. The van der Waals surface area contributed by atoms with Gasteiger partial charge in [0, 0.05) is 25.7 Å². The van der Waals surface area contributed by atoms with Crippen LogP contribution in [0.1, 0.15) is 45.6 Å². The predicted molar refractivity (Wildman–Crippen MR) is 88.7 cm³/mol. The minimum Gasteiger partial charge on any atom is -0.370 e. The summed E-state index contributed by atoms with van der Waals surface area (Å²) in [6.45, 7) is 9.59. The van der Waals surface area contributed by atoms with E-state index in [4.69, 9.17) is 11.6 Å². The molecule has 1 aliphatic rings. The van der Waals surface area contributed by atoms with Crippen molar-refractivity contribution in [1.29, 1.82) is 0 Å². The van der Waals surface area contributed by atoms with Gasteiger partial charge in [-0.2, -0.15) is 0 Å². The van der Waals surface area contributed by atoms with E-state index < -0.39 is 0 Å². The number of benzene rings is 1. The van der Waals surface area contributed by atoms with Gasteiger partial charge in [0.15, 0.2) is 0 Å². The summed E-state index contributed by atoms with van der Waals surface area (Å²) in [6, 6.07) is 6.98. The zero-order valence-corrected chi connectivity index (χ0v) is 13.7. The number of hydrogen-bond acceptors (Lipinski definition) is 2. The van der Waals surface area contributed by atoms with Crippen molar-refractivity contribution in [2.75, 3.05) is 18.0 Å². The lowest BCUT2D eigenvalue weighted by Gasteiger charge is -2.33. The Kier molecular flexibility index (Phi) is 5.74. The van der Waals surface area contributed by atoms with Gasteiger partial charge in [-0.3, -0.25) is 0 Å². The molecule has 0 unspecified atom stereocenters. The van der Waals surface area contributed by atoms with E-state index in [-0.39, 0.29) is 0 Å². The molecular weight excluding hydrogens is 268 g/mol. The quantitative estimate of drug-likeness (QED) is 0.798. The molecular formula is C17H27ClN2. The Labute approximate surface area is 128 Å². The molecule has 1 aromatic carbocycles. The van der Waals surface area contributed by atoms with Crippen LogP contribution >= 0.6 is 11.6 Å². The molecule has 1 fully saturated rings. The standard InChI is InChI=1S/C17H27ClN2/c1-4-20(12-14-6-5-7-14)17-9-8-15(10-16(17)18)11-19-13(2)3/h8-10,13-14,19H,4-7,11-12H2,1-3H3. The van der Waals surface area contributed by atoms with Crippen LogP contribution in [0.3, 0.4) is 0 Å². The molecule has 1 saturated carbocycles. The van der Waals surface area contributed by atoms with E-state index in [2.05, 4.69) is 49.2 Å². The van der Waals surface area contributed by atoms with Crippen LogP contribution in [0.2, 0.25) is 5.02 Å². The summed E-state index contributed by atoms with van der Waals surface area (Å²) in [5.74, 6) is 0.869. The van der Waals surface area contributed by atoms with Crippen molar-refractivity contribution in [3.63, 3.8) is 0 Å². The van der Waals surface area contributed by atoms with Crippen molar-refractivity contribution < 1.29 is 0 Å². The zero-order chi connectivity index (χ0) is 14.5. The van der Waals surface area contributed by atoms with Crippen LogP contribution < -0.4 is 10.2 Å². The Morgan fingerprint density at radius 3 is 2.60 bits per heavy atom. The minimum absolute atomic E-state index is 0.499. The van der Waals surface area contributed by atoms with Gasteiger partial charge in [-0.05, 0) is 43.4 Å². The number of anilines is 1. The maximum absolute atomic E-state index is 6.49. The van der Waals surface area contributed by atoms with Crippen molar-refractivity contribution in [3.8, 4) is 0 Å².